The minimum Gasteiger partial charge on any atom is -0.378 e. The van der Waals surface area contributed by atoms with E-state index in [1.807, 2.05) is 19.1 Å². The Hall–Kier alpha value is -3.26. The van der Waals surface area contributed by atoms with Crippen LogP contribution in [0.3, 0.4) is 0 Å². The van der Waals surface area contributed by atoms with Crippen molar-refractivity contribution in [1.29, 1.82) is 0 Å². The van der Waals surface area contributed by atoms with Crippen molar-refractivity contribution in [1.82, 2.24) is 19.8 Å². The van der Waals surface area contributed by atoms with Crippen LogP contribution in [0.1, 0.15) is 27.5 Å². The maximum atomic E-state index is 13.2. The van der Waals surface area contributed by atoms with Gasteiger partial charge in [-0.3, -0.25) is 9.48 Å². The highest BCUT2D eigenvalue weighted by Gasteiger charge is 2.22. The monoisotopic (exact) mass is 396 g/mol. The Kier molecular flexibility index (Phi) is 5.26. The second-order valence-corrected chi connectivity index (χ2v) is 6.82. The number of morpholine rings is 1. The van der Waals surface area contributed by atoms with E-state index in [0.29, 0.717) is 49.1 Å². The molecule has 7 nitrogen and oxygen atoms in total. The van der Waals surface area contributed by atoms with Gasteiger partial charge >= 0.3 is 0 Å². The molecule has 1 aliphatic heterocycles. The molecule has 0 radical (unpaired) electrons. The zero-order valence-corrected chi connectivity index (χ0v) is 16.3. The molecule has 0 bridgehead atoms. The Bertz CT molecular complexity index is 1050. The maximum absolute atomic E-state index is 13.2. The molecule has 1 fully saturated rings. The van der Waals surface area contributed by atoms with Crippen molar-refractivity contribution in [2.45, 2.75) is 6.92 Å². The summed E-state index contributed by atoms with van der Waals surface area (Å²) in [4.78, 5) is 14.5. The highest BCUT2D eigenvalue weighted by atomic mass is 19.1. The number of carbonyl (C=O) groups is 1. The van der Waals surface area contributed by atoms with Crippen LogP contribution >= 0.6 is 0 Å². The minimum atomic E-state index is -0.308. The summed E-state index contributed by atoms with van der Waals surface area (Å²) in [6.45, 7) is 4.07. The van der Waals surface area contributed by atoms with E-state index in [4.69, 9.17) is 9.26 Å². The molecule has 8 heteroatoms. The molecule has 0 saturated carbocycles. The zero-order chi connectivity index (χ0) is 20.4. The van der Waals surface area contributed by atoms with E-state index in [1.165, 1.54) is 12.1 Å². The molecule has 0 N–H and O–H groups in total. The first kappa shape index (κ1) is 19.1. The van der Waals surface area contributed by atoms with Gasteiger partial charge in [-0.15, -0.1) is 0 Å². The van der Waals surface area contributed by atoms with Gasteiger partial charge in [0.05, 0.1) is 18.9 Å². The first-order valence-electron chi connectivity index (χ1n) is 9.34. The summed E-state index contributed by atoms with van der Waals surface area (Å²) in [5.41, 5.74) is 3.33. The number of hydrogen-bond acceptors (Lipinski definition) is 5. The molecular weight excluding hydrogens is 375 g/mol. The summed E-state index contributed by atoms with van der Waals surface area (Å²) in [5.74, 6) is 0.272. The minimum absolute atomic E-state index is 0.0592. The topological polar surface area (TPSA) is 73.4 Å². The molecule has 1 aromatic carbocycles. The summed E-state index contributed by atoms with van der Waals surface area (Å²) < 4.78 is 25.4. The van der Waals surface area contributed by atoms with E-state index in [9.17, 15) is 9.18 Å². The molecule has 0 unspecified atom stereocenters. The van der Waals surface area contributed by atoms with Gasteiger partial charge in [-0.1, -0.05) is 5.16 Å². The van der Waals surface area contributed by atoms with Crippen molar-refractivity contribution in [3.63, 3.8) is 0 Å². The first-order valence-corrected chi connectivity index (χ1v) is 9.34. The van der Waals surface area contributed by atoms with Crippen molar-refractivity contribution in [2.24, 2.45) is 7.05 Å². The number of carbonyl (C=O) groups excluding carboxylic acids is 1. The van der Waals surface area contributed by atoms with E-state index in [0.717, 1.165) is 11.1 Å². The Labute approximate surface area is 167 Å². The van der Waals surface area contributed by atoms with Crippen molar-refractivity contribution in [2.75, 3.05) is 26.3 Å². The molecule has 1 saturated heterocycles. The third-order valence-corrected chi connectivity index (χ3v) is 4.86. The lowest BCUT2D eigenvalue weighted by Gasteiger charge is -2.26. The van der Waals surface area contributed by atoms with Gasteiger partial charge in [0.1, 0.15) is 23.0 Å². The van der Waals surface area contributed by atoms with Gasteiger partial charge < -0.3 is 14.2 Å². The number of aromatic nitrogens is 3. The summed E-state index contributed by atoms with van der Waals surface area (Å²) in [5, 5.41) is 8.51. The number of amides is 1. The molecule has 29 heavy (non-hydrogen) atoms. The number of nitrogens with zero attached hydrogens (tertiary/aromatic N) is 4. The van der Waals surface area contributed by atoms with Crippen LogP contribution in [0.25, 0.3) is 23.4 Å². The van der Waals surface area contributed by atoms with Gasteiger partial charge in [0.25, 0.3) is 5.91 Å². The second kappa shape index (κ2) is 8.00. The van der Waals surface area contributed by atoms with Crippen molar-refractivity contribution >= 4 is 18.1 Å². The van der Waals surface area contributed by atoms with E-state index in [-0.39, 0.29) is 11.7 Å². The molecule has 4 rings (SSSR count). The molecule has 1 amide bonds. The van der Waals surface area contributed by atoms with Gasteiger partial charge in [-0.2, -0.15) is 5.10 Å². The van der Waals surface area contributed by atoms with Crippen LogP contribution in [0.15, 0.2) is 34.9 Å². The lowest BCUT2D eigenvalue weighted by molar-refractivity contribution is 0.0295. The Balaban J connectivity index is 1.58. The average molecular weight is 396 g/mol. The fraction of sp³-hybridized carbons (Fsp3) is 0.286. The highest BCUT2D eigenvalue weighted by Crippen LogP contribution is 2.27. The normalized spacial score (nSPS) is 14.7. The average Bonchev–Trinajstić information content (AvgIpc) is 3.29. The molecule has 3 heterocycles. The predicted molar refractivity (Wildman–Crippen MR) is 105 cm³/mol. The van der Waals surface area contributed by atoms with Gasteiger partial charge in [0.15, 0.2) is 0 Å². The summed E-state index contributed by atoms with van der Waals surface area (Å²) >= 11 is 0. The highest BCUT2D eigenvalue weighted by molar-refractivity contribution is 5.93. The van der Waals surface area contributed by atoms with Gasteiger partial charge in [-0.25, -0.2) is 4.39 Å². The van der Waals surface area contributed by atoms with E-state index >= 15 is 0 Å². The van der Waals surface area contributed by atoms with Crippen LogP contribution in [0.4, 0.5) is 4.39 Å². The smallest absolute Gasteiger partial charge is 0.272 e. The van der Waals surface area contributed by atoms with Crippen LogP contribution in [0, 0.1) is 12.7 Å². The fourth-order valence-corrected chi connectivity index (χ4v) is 3.26. The fourth-order valence-electron chi connectivity index (χ4n) is 3.26. The molecule has 150 valence electrons. The number of benzene rings is 1. The maximum Gasteiger partial charge on any atom is 0.272 e. The molecule has 0 atom stereocenters. The van der Waals surface area contributed by atoms with Crippen LogP contribution < -0.4 is 0 Å². The SMILES string of the molecule is Cc1onc(-c2ccc(F)cc2)c1/C=C/c1cc(C(=O)N2CCOCC2)n(C)n1. The predicted octanol–water partition coefficient (Wildman–Crippen LogP) is 3.17. The Morgan fingerprint density at radius 1 is 1.17 bits per heavy atom. The third-order valence-electron chi connectivity index (χ3n) is 4.86. The number of rotatable bonds is 4. The molecule has 3 aromatic rings. The summed E-state index contributed by atoms with van der Waals surface area (Å²) in [7, 11) is 1.75. The molecule has 0 aliphatic carbocycles. The number of hydrogen-bond donors (Lipinski definition) is 0. The lowest BCUT2D eigenvalue weighted by atomic mass is 10.1. The molecular formula is C21H21FN4O3. The Morgan fingerprint density at radius 2 is 1.90 bits per heavy atom. The van der Waals surface area contributed by atoms with Crippen LogP contribution in [-0.2, 0) is 11.8 Å². The number of ether oxygens (including phenoxy) is 1. The summed E-state index contributed by atoms with van der Waals surface area (Å²) in [6.07, 6.45) is 3.65. The third kappa shape index (κ3) is 3.97. The van der Waals surface area contributed by atoms with Crippen molar-refractivity contribution in [3.8, 4) is 11.3 Å². The zero-order valence-electron chi connectivity index (χ0n) is 16.3. The summed E-state index contributed by atoms with van der Waals surface area (Å²) in [6, 6.07) is 7.84. The molecule has 0 spiro atoms. The second-order valence-electron chi connectivity index (χ2n) is 6.82. The van der Waals surface area contributed by atoms with E-state index in [1.54, 1.807) is 34.8 Å². The number of aryl methyl sites for hydroxylation is 2. The lowest BCUT2D eigenvalue weighted by Crippen LogP contribution is -2.41. The standard InChI is InChI=1S/C21H21FN4O3/c1-14-18(20(24-29-14)15-3-5-16(22)6-4-15)8-7-17-13-19(25(2)23-17)21(27)26-9-11-28-12-10-26/h3-8,13H,9-12H2,1-2H3/b8-7+. The van der Waals surface area contributed by atoms with Gasteiger partial charge in [0.2, 0.25) is 0 Å². The van der Waals surface area contributed by atoms with Crippen LogP contribution in [0.5, 0.6) is 0 Å². The largest absolute Gasteiger partial charge is 0.378 e. The van der Waals surface area contributed by atoms with Crippen LogP contribution in [0.2, 0.25) is 0 Å². The first-order chi connectivity index (χ1) is 14.0. The molecule has 1 aliphatic rings. The van der Waals surface area contributed by atoms with Crippen molar-refractivity contribution in [3.05, 3.63) is 58.9 Å². The van der Waals surface area contributed by atoms with Gasteiger partial charge in [0, 0.05) is 31.3 Å². The Morgan fingerprint density at radius 3 is 2.62 bits per heavy atom. The molecule has 2 aromatic heterocycles. The van der Waals surface area contributed by atoms with Gasteiger partial charge in [-0.05, 0) is 49.4 Å². The van der Waals surface area contributed by atoms with E-state index < -0.39 is 0 Å². The van der Waals surface area contributed by atoms with E-state index in [2.05, 4.69) is 10.3 Å². The number of halogens is 1. The van der Waals surface area contributed by atoms with Crippen molar-refractivity contribution < 1.29 is 18.4 Å². The quantitative estimate of drug-likeness (QED) is 0.677. The van der Waals surface area contributed by atoms with Crippen LogP contribution in [-0.4, -0.2) is 52.0 Å².